The third kappa shape index (κ3) is 4.85. The van der Waals surface area contributed by atoms with E-state index < -0.39 is 0 Å². The van der Waals surface area contributed by atoms with Crippen molar-refractivity contribution >= 4 is 29.3 Å². The first-order valence-corrected chi connectivity index (χ1v) is 11.9. The molecule has 0 radical (unpaired) electrons. The van der Waals surface area contributed by atoms with E-state index in [1.807, 2.05) is 71.8 Å². The lowest BCUT2D eigenvalue weighted by atomic mass is 10.1. The monoisotopic (exact) mass is 449 g/mol. The molecule has 0 spiro atoms. The predicted molar refractivity (Wildman–Crippen MR) is 127 cm³/mol. The smallest absolute Gasteiger partial charge is 0.255 e. The SMILES string of the molecule is CCn1c(SCC(=O)N2CCCC2)nnc1-c1ccc(NC(=O)c2ccccc2C)cc1. The molecule has 1 saturated heterocycles. The molecule has 0 unspecified atom stereocenters. The lowest BCUT2D eigenvalue weighted by molar-refractivity contribution is -0.127. The van der Waals surface area contributed by atoms with Crippen LogP contribution in [0, 0.1) is 6.92 Å². The maximum absolute atomic E-state index is 12.5. The number of nitrogens with one attached hydrogen (secondary N) is 1. The van der Waals surface area contributed by atoms with Crippen LogP contribution < -0.4 is 5.32 Å². The number of thioether (sulfide) groups is 1. The van der Waals surface area contributed by atoms with Gasteiger partial charge in [-0.25, -0.2) is 0 Å². The van der Waals surface area contributed by atoms with Gasteiger partial charge in [-0.05, 0) is 62.6 Å². The molecule has 2 aromatic carbocycles. The lowest BCUT2D eigenvalue weighted by Crippen LogP contribution is -2.29. The molecule has 1 fully saturated rings. The Bertz CT molecular complexity index is 1100. The van der Waals surface area contributed by atoms with E-state index in [0.29, 0.717) is 17.9 Å². The molecule has 2 heterocycles. The zero-order valence-electron chi connectivity index (χ0n) is 18.4. The highest BCUT2D eigenvalue weighted by Gasteiger charge is 2.20. The number of nitrogens with zero attached hydrogens (tertiary/aromatic N) is 4. The normalized spacial score (nSPS) is 13.4. The Hall–Kier alpha value is -3.13. The first kappa shape index (κ1) is 22.1. The van der Waals surface area contributed by atoms with Gasteiger partial charge in [-0.2, -0.15) is 0 Å². The van der Waals surface area contributed by atoms with Crippen molar-refractivity contribution in [1.82, 2.24) is 19.7 Å². The van der Waals surface area contributed by atoms with Crippen molar-refractivity contribution in [2.75, 3.05) is 24.2 Å². The number of hydrogen-bond acceptors (Lipinski definition) is 5. The summed E-state index contributed by atoms with van der Waals surface area (Å²) in [6, 6.07) is 15.1. The number of aromatic nitrogens is 3. The van der Waals surface area contributed by atoms with Crippen molar-refractivity contribution in [2.24, 2.45) is 0 Å². The van der Waals surface area contributed by atoms with Gasteiger partial charge in [0.1, 0.15) is 0 Å². The van der Waals surface area contributed by atoms with Gasteiger partial charge in [-0.3, -0.25) is 9.59 Å². The van der Waals surface area contributed by atoms with Crippen LogP contribution in [-0.2, 0) is 11.3 Å². The number of aryl methyl sites for hydroxylation is 1. The molecule has 0 saturated carbocycles. The number of likely N-dealkylation sites (tertiary alicyclic amines) is 1. The van der Waals surface area contributed by atoms with Crippen LogP contribution in [0.2, 0.25) is 0 Å². The summed E-state index contributed by atoms with van der Waals surface area (Å²) in [5.41, 5.74) is 3.22. The zero-order chi connectivity index (χ0) is 22.5. The molecule has 1 N–H and O–H groups in total. The molecule has 2 amide bonds. The maximum Gasteiger partial charge on any atom is 0.255 e. The Morgan fingerprint density at radius 3 is 2.44 bits per heavy atom. The van der Waals surface area contributed by atoms with Gasteiger partial charge >= 0.3 is 0 Å². The summed E-state index contributed by atoms with van der Waals surface area (Å²) in [6.45, 7) is 6.38. The summed E-state index contributed by atoms with van der Waals surface area (Å²) in [5.74, 6) is 1.16. The zero-order valence-corrected chi connectivity index (χ0v) is 19.2. The predicted octanol–water partition coefficient (Wildman–Crippen LogP) is 4.24. The fourth-order valence-corrected chi connectivity index (χ4v) is 4.71. The fourth-order valence-electron chi connectivity index (χ4n) is 3.81. The number of rotatable bonds is 7. The van der Waals surface area contributed by atoms with Crippen LogP contribution in [0.5, 0.6) is 0 Å². The molecule has 4 rings (SSSR count). The number of carbonyl (C=O) groups excluding carboxylic acids is 2. The van der Waals surface area contributed by atoms with Crippen LogP contribution in [0.25, 0.3) is 11.4 Å². The van der Waals surface area contributed by atoms with Crippen molar-refractivity contribution < 1.29 is 9.59 Å². The van der Waals surface area contributed by atoms with Crippen LogP contribution in [-0.4, -0.2) is 50.3 Å². The summed E-state index contributed by atoms with van der Waals surface area (Å²) in [6.07, 6.45) is 2.18. The highest BCUT2D eigenvalue weighted by atomic mass is 32.2. The molecule has 1 aromatic heterocycles. The largest absolute Gasteiger partial charge is 0.342 e. The molecule has 32 heavy (non-hydrogen) atoms. The molecule has 1 aliphatic heterocycles. The van der Waals surface area contributed by atoms with Crippen molar-refractivity contribution in [3.8, 4) is 11.4 Å². The van der Waals surface area contributed by atoms with Crippen LogP contribution >= 0.6 is 11.8 Å². The van der Waals surface area contributed by atoms with Crippen molar-refractivity contribution in [1.29, 1.82) is 0 Å². The second-order valence-electron chi connectivity index (χ2n) is 7.77. The van der Waals surface area contributed by atoms with Gasteiger partial charge in [-0.15, -0.1) is 10.2 Å². The van der Waals surface area contributed by atoms with E-state index in [9.17, 15) is 9.59 Å². The number of amides is 2. The molecule has 0 bridgehead atoms. The van der Waals surface area contributed by atoms with Crippen LogP contribution in [0.4, 0.5) is 5.69 Å². The summed E-state index contributed by atoms with van der Waals surface area (Å²) in [7, 11) is 0. The maximum atomic E-state index is 12.5. The average molecular weight is 450 g/mol. The van der Waals surface area contributed by atoms with Crippen LogP contribution in [0.1, 0.15) is 35.7 Å². The van der Waals surface area contributed by atoms with Gasteiger partial charge < -0.3 is 14.8 Å². The van der Waals surface area contributed by atoms with Gasteiger partial charge in [-0.1, -0.05) is 30.0 Å². The van der Waals surface area contributed by atoms with Crippen molar-refractivity contribution in [3.05, 3.63) is 59.7 Å². The van der Waals surface area contributed by atoms with E-state index in [4.69, 9.17) is 0 Å². The third-order valence-corrected chi connectivity index (χ3v) is 6.56. The summed E-state index contributed by atoms with van der Waals surface area (Å²) < 4.78 is 2.02. The Kier molecular flexibility index (Phi) is 6.90. The molecule has 0 atom stereocenters. The van der Waals surface area contributed by atoms with Crippen molar-refractivity contribution in [3.63, 3.8) is 0 Å². The van der Waals surface area contributed by atoms with E-state index in [-0.39, 0.29) is 11.8 Å². The second-order valence-corrected chi connectivity index (χ2v) is 8.72. The Labute approximate surface area is 192 Å². The minimum Gasteiger partial charge on any atom is -0.342 e. The molecule has 166 valence electrons. The van der Waals surface area contributed by atoms with E-state index in [2.05, 4.69) is 15.5 Å². The Morgan fingerprint density at radius 1 is 1.03 bits per heavy atom. The summed E-state index contributed by atoms with van der Waals surface area (Å²) in [4.78, 5) is 26.8. The number of anilines is 1. The average Bonchev–Trinajstić information content (AvgIpc) is 3.48. The molecular weight excluding hydrogens is 422 g/mol. The summed E-state index contributed by atoms with van der Waals surface area (Å²) in [5, 5.41) is 12.4. The van der Waals surface area contributed by atoms with Crippen LogP contribution in [0.3, 0.4) is 0 Å². The Morgan fingerprint density at radius 2 is 1.75 bits per heavy atom. The second kappa shape index (κ2) is 9.99. The van der Waals surface area contributed by atoms with Gasteiger partial charge in [0.25, 0.3) is 5.91 Å². The van der Waals surface area contributed by atoms with E-state index in [1.165, 1.54) is 11.8 Å². The van der Waals surface area contributed by atoms with Gasteiger partial charge in [0, 0.05) is 36.4 Å². The van der Waals surface area contributed by atoms with Crippen LogP contribution in [0.15, 0.2) is 53.7 Å². The van der Waals surface area contributed by atoms with Crippen molar-refractivity contribution in [2.45, 2.75) is 38.4 Å². The molecule has 0 aliphatic carbocycles. The first-order chi connectivity index (χ1) is 15.6. The minimum atomic E-state index is -0.131. The molecule has 8 heteroatoms. The Balaban J connectivity index is 1.44. The van der Waals surface area contributed by atoms with Gasteiger partial charge in [0.05, 0.1) is 5.75 Å². The fraction of sp³-hybridized carbons (Fsp3) is 0.333. The summed E-state index contributed by atoms with van der Waals surface area (Å²) >= 11 is 1.43. The van der Waals surface area contributed by atoms with E-state index >= 15 is 0 Å². The molecule has 7 nitrogen and oxygen atoms in total. The number of hydrogen-bond donors (Lipinski definition) is 1. The molecule has 3 aromatic rings. The van der Waals surface area contributed by atoms with Gasteiger partial charge in [0.15, 0.2) is 11.0 Å². The quantitative estimate of drug-likeness (QED) is 0.546. The number of benzene rings is 2. The molecule has 1 aliphatic rings. The highest BCUT2D eigenvalue weighted by molar-refractivity contribution is 7.99. The first-order valence-electron chi connectivity index (χ1n) is 10.9. The lowest BCUT2D eigenvalue weighted by Gasteiger charge is -2.14. The van der Waals surface area contributed by atoms with E-state index in [1.54, 1.807) is 0 Å². The minimum absolute atomic E-state index is 0.131. The third-order valence-electron chi connectivity index (χ3n) is 5.61. The topological polar surface area (TPSA) is 80.1 Å². The molecular formula is C24H27N5O2S. The van der Waals surface area contributed by atoms with E-state index in [0.717, 1.165) is 53.7 Å². The highest BCUT2D eigenvalue weighted by Crippen LogP contribution is 2.26. The van der Waals surface area contributed by atoms with Gasteiger partial charge in [0.2, 0.25) is 5.91 Å². The standard InChI is InChI=1S/C24H27N5O2S/c1-3-29-22(26-27-24(29)32-16-21(30)28-14-6-7-15-28)18-10-12-19(13-11-18)25-23(31)20-9-5-4-8-17(20)2/h4-5,8-13H,3,6-7,14-16H2,1-2H3,(H,25,31). The number of carbonyl (C=O) groups is 2.